The summed E-state index contributed by atoms with van der Waals surface area (Å²) in [5.74, 6) is 1.26. The Morgan fingerprint density at radius 3 is 3.20 bits per heavy atom. The highest BCUT2D eigenvalue weighted by Gasteiger charge is 2.22. The van der Waals surface area contributed by atoms with Gasteiger partial charge in [0.1, 0.15) is 6.26 Å². The summed E-state index contributed by atoms with van der Waals surface area (Å²) >= 11 is 0. The molecule has 1 aliphatic heterocycles. The summed E-state index contributed by atoms with van der Waals surface area (Å²) in [6.45, 7) is 1.02. The van der Waals surface area contributed by atoms with Gasteiger partial charge in [-0.1, -0.05) is 5.16 Å². The van der Waals surface area contributed by atoms with Crippen LogP contribution in [0.3, 0.4) is 0 Å². The van der Waals surface area contributed by atoms with Crippen molar-refractivity contribution >= 4 is 0 Å². The summed E-state index contributed by atoms with van der Waals surface area (Å²) in [7, 11) is 0. The first-order valence-electron chi connectivity index (χ1n) is 5.03. The minimum absolute atomic E-state index is 0.221. The highest BCUT2D eigenvalue weighted by molar-refractivity contribution is 5.51. The lowest BCUT2D eigenvalue weighted by Gasteiger charge is -2.01. The van der Waals surface area contributed by atoms with E-state index in [1.807, 2.05) is 6.07 Å². The van der Waals surface area contributed by atoms with Gasteiger partial charge in [0, 0.05) is 0 Å². The van der Waals surface area contributed by atoms with Crippen LogP contribution in [-0.4, -0.2) is 16.7 Å². The minimum Gasteiger partial charge on any atom is -0.472 e. The van der Waals surface area contributed by atoms with E-state index in [0.29, 0.717) is 11.7 Å². The standard InChI is InChI=1S/C10H11N3O2/c1-2-8(11-4-1)10-12-9(13-15-10)7-3-5-14-6-7/h3,5-6,8,11H,1-2,4H2/t8-/m0/s1. The van der Waals surface area contributed by atoms with Gasteiger partial charge in [0.2, 0.25) is 11.7 Å². The van der Waals surface area contributed by atoms with Gasteiger partial charge in [-0.25, -0.2) is 0 Å². The summed E-state index contributed by atoms with van der Waals surface area (Å²) in [5.41, 5.74) is 0.850. The Kier molecular flexibility index (Phi) is 2.03. The lowest BCUT2D eigenvalue weighted by molar-refractivity contribution is 0.345. The van der Waals surface area contributed by atoms with Crippen molar-refractivity contribution in [2.75, 3.05) is 6.54 Å². The molecule has 3 rings (SSSR count). The van der Waals surface area contributed by atoms with E-state index in [2.05, 4.69) is 15.5 Å². The predicted octanol–water partition coefficient (Wildman–Crippen LogP) is 1.75. The summed E-state index contributed by atoms with van der Waals surface area (Å²) in [6, 6.07) is 2.04. The van der Waals surface area contributed by atoms with Crippen molar-refractivity contribution in [3.63, 3.8) is 0 Å². The van der Waals surface area contributed by atoms with Crippen LogP contribution in [0.2, 0.25) is 0 Å². The fraction of sp³-hybridized carbons (Fsp3) is 0.400. The van der Waals surface area contributed by atoms with E-state index in [-0.39, 0.29) is 6.04 Å². The molecular weight excluding hydrogens is 194 g/mol. The third-order valence-electron chi connectivity index (χ3n) is 2.58. The van der Waals surface area contributed by atoms with E-state index in [1.165, 1.54) is 0 Å². The lowest BCUT2D eigenvalue weighted by atomic mass is 10.2. The number of hydrogen-bond donors (Lipinski definition) is 1. The number of nitrogens with zero attached hydrogens (tertiary/aromatic N) is 2. The fourth-order valence-corrected chi connectivity index (χ4v) is 1.78. The molecule has 0 amide bonds. The molecule has 0 saturated carbocycles. The van der Waals surface area contributed by atoms with Crippen LogP contribution >= 0.6 is 0 Å². The molecule has 0 bridgehead atoms. The summed E-state index contributed by atoms with van der Waals surface area (Å²) in [6.07, 6.45) is 5.43. The molecule has 5 nitrogen and oxygen atoms in total. The highest BCUT2D eigenvalue weighted by atomic mass is 16.5. The Morgan fingerprint density at radius 2 is 2.47 bits per heavy atom. The van der Waals surface area contributed by atoms with Crippen LogP contribution in [0.15, 0.2) is 27.5 Å². The Labute approximate surface area is 86.5 Å². The summed E-state index contributed by atoms with van der Waals surface area (Å²) < 4.78 is 10.2. The SMILES string of the molecule is c1cc(-c2noc([C@@H]3CCCN3)n2)co1. The predicted molar refractivity (Wildman–Crippen MR) is 52.0 cm³/mol. The molecule has 2 aromatic heterocycles. The number of rotatable bonds is 2. The molecule has 1 aliphatic rings. The average molecular weight is 205 g/mol. The molecular formula is C10H11N3O2. The number of nitrogens with one attached hydrogen (secondary N) is 1. The number of hydrogen-bond acceptors (Lipinski definition) is 5. The summed E-state index contributed by atoms with van der Waals surface area (Å²) in [4.78, 5) is 4.33. The molecule has 0 unspecified atom stereocenters. The van der Waals surface area contributed by atoms with Crippen LogP contribution in [0.4, 0.5) is 0 Å². The Bertz CT molecular complexity index is 429. The maximum Gasteiger partial charge on any atom is 0.244 e. The molecule has 78 valence electrons. The van der Waals surface area contributed by atoms with E-state index in [9.17, 15) is 0 Å². The number of furan rings is 1. The topological polar surface area (TPSA) is 64.1 Å². The molecule has 1 saturated heterocycles. The molecule has 0 aromatic carbocycles. The van der Waals surface area contributed by atoms with Crippen molar-refractivity contribution in [1.29, 1.82) is 0 Å². The Hall–Kier alpha value is -1.62. The first kappa shape index (κ1) is 8.67. The second kappa shape index (κ2) is 3.51. The van der Waals surface area contributed by atoms with Gasteiger partial charge < -0.3 is 14.3 Å². The van der Waals surface area contributed by atoms with Crippen LogP contribution in [0.25, 0.3) is 11.4 Å². The zero-order valence-corrected chi connectivity index (χ0v) is 8.14. The average Bonchev–Trinajstić information content (AvgIpc) is 3.02. The van der Waals surface area contributed by atoms with Gasteiger partial charge in [0.15, 0.2) is 0 Å². The molecule has 0 spiro atoms. The highest BCUT2D eigenvalue weighted by Crippen LogP contribution is 2.24. The van der Waals surface area contributed by atoms with Crippen molar-refractivity contribution in [2.24, 2.45) is 0 Å². The smallest absolute Gasteiger partial charge is 0.244 e. The van der Waals surface area contributed by atoms with Crippen LogP contribution in [0.5, 0.6) is 0 Å². The van der Waals surface area contributed by atoms with Crippen molar-refractivity contribution in [1.82, 2.24) is 15.5 Å². The van der Waals surface area contributed by atoms with E-state index in [4.69, 9.17) is 8.94 Å². The van der Waals surface area contributed by atoms with E-state index >= 15 is 0 Å². The van der Waals surface area contributed by atoms with Crippen LogP contribution in [0.1, 0.15) is 24.8 Å². The largest absolute Gasteiger partial charge is 0.472 e. The van der Waals surface area contributed by atoms with Crippen LogP contribution < -0.4 is 5.32 Å². The molecule has 5 heteroatoms. The monoisotopic (exact) mass is 205 g/mol. The molecule has 15 heavy (non-hydrogen) atoms. The molecule has 0 radical (unpaired) electrons. The number of aromatic nitrogens is 2. The first-order valence-corrected chi connectivity index (χ1v) is 5.03. The second-order valence-corrected chi connectivity index (χ2v) is 3.62. The normalized spacial score (nSPS) is 20.9. The van der Waals surface area contributed by atoms with Crippen molar-refractivity contribution in [3.05, 3.63) is 24.5 Å². The van der Waals surface area contributed by atoms with E-state index in [0.717, 1.165) is 24.9 Å². The fourth-order valence-electron chi connectivity index (χ4n) is 1.78. The molecule has 1 fully saturated rings. The van der Waals surface area contributed by atoms with Crippen molar-refractivity contribution in [2.45, 2.75) is 18.9 Å². The van der Waals surface area contributed by atoms with Gasteiger partial charge >= 0.3 is 0 Å². The maximum atomic E-state index is 5.21. The molecule has 3 heterocycles. The molecule has 1 N–H and O–H groups in total. The van der Waals surface area contributed by atoms with E-state index in [1.54, 1.807) is 12.5 Å². The van der Waals surface area contributed by atoms with Crippen molar-refractivity contribution in [3.8, 4) is 11.4 Å². The Morgan fingerprint density at radius 1 is 1.47 bits per heavy atom. The van der Waals surface area contributed by atoms with Gasteiger partial charge in [-0.2, -0.15) is 4.98 Å². The molecule has 2 aromatic rings. The first-order chi connectivity index (χ1) is 7.43. The quantitative estimate of drug-likeness (QED) is 0.809. The van der Waals surface area contributed by atoms with Crippen LogP contribution in [-0.2, 0) is 0 Å². The molecule has 1 atom stereocenters. The van der Waals surface area contributed by atoms with Gasteiger partial charge in [-0.15, -0.1) is 0 Å². The van der Waals surface area contributed by atoms with Gasteiger partial charge in [0.25, 0.3) is 0 Å². The van der Waals surface area contributed by atoms with Crippen molar-refractivity contribution < 1.29 is 8.94 Å². The third-order valence-corrected chi connectivity index (χ3v) is 2.58. The minimum atomic E-state index is 0.221. The van der Waals surface area contributed by atoms with Gasteiger partial charge in [0.05, 0.1) is 17.9 Å². The maximum absolute atomic E-state index is 5.21. The lowest BCUT2D eigenvalue weighted by Crippen LogP contribution is -2.12. The summed E-state index contributed by atoms with van der Waals surface area (Å²) in [5, 5.41) is 7.23. The second-order valence-electron chi connectivity index (χ2n) is 3.62. The third kappa shape index (κ3) is 1.55. The van der Waals surface area contributed by atoms with Gasteiger partial charge in [-0.3, -0.25) is 0 Å². The van der Waals surface area contributed by atoms with E-state index < -0.39 is 0 Å². The van der Waals surface area contributed by atoms with Gasteiger partial charge in [-0.05, 0) is 25.5 Å². The van der Waals surface area contributed by atoms with Crippen LogP contribution in [0, 0.1) is 0 Å². The zero-order valence-electron chi connectivity index (χ0n) is 8.14. The Balaban J connectivity index is 1.87. The molecule has 0 aliphatic carbocycles. The zero-order chi connectivity index (χ0) is 10.1.